The Hall–Kier alpha value is -1.40. The normalized spacial score (nSPS) is 14.1. The molecule has 0 aromatic heterocycles. The summed E-state index contributed by atoms with van der Waals surface area (Å²) in [7, 11) is 0. The third-order valence-corrected chi connectivity index (χ3v) is 2.48. The van der Waals surface area contributed by atoms with Crippen LogP contribution >= 0.6 is 0 Å². The molecular formula is C13H17FN2. The molecule has 2 nitrogen and oxygen atoms in total. The molecule has 0 aliphatic rings. The van der Waals surface area contributed by atoms with Gasteiger partial charge in [-0.1, -0.05) is 19.1 Å². The Morgan fingerprint density at radius 1 is 1.38 bits per heavy atom. The van der Waals surface area contributed by atoms with Crippen LogP contribution in [0.25, 0.3) is 0 Å². The lowest BCUT2D eigenvalue weighted by molar-refractivity contribution is 0.444. The van der Waals surface area contributed by atoms with Gasteiger partial charge in [0.25, 0.3) is 0 Å². The first-order valence-corrected chi connectivity index (χ1v) is 5.50. The lowest BCUT2D eigenvalue weighted by atomic mass is 9.94. The number of benzene rings is 1. The lowest BCUT2D eigenvalue weighted by Gasteiger charge is -2.23. The fourth-order valence-corrected chi connectivity index (χ4v) is 1.55. The van der Waals surface area contributed by atoms with E-state index >= 15 is 0 Å². The minimum atomic E-state index is -0.576. The lowest BCUT2D eigenvalue weighted by Crippen LogP contribution is -2.43. The van der Waals surface area contributed by atoms with Crippen LogP contribution < -0.4 is 5.32 Å². The van der Waals surface area contributed by atoms with Crippen molar-refractivity contribution in [3.63, 3.8) is 0 Å². The molecule has 0 aliphatic carbocycles. The molecular weight excluding hydrogens is 203 g/mol. The second-order valence-electron chi connectivity index (χ2n) is 4.17. The van der Waals surface area contributed by atoms with Crippen molar-refractivity contribution in [3.05, 3.63) is 35.6 Å². The van der Waals surface area contributed by atoms with Crippen LogP contribution in [-0.4, -0.2) is 12.1 Å². The first-order chi connectivity index (χ1) is 7.59. The fraction of sp³-hybridized carbons (Fsp3) is 0.462. The second kappa shape index (κ2) is 5.62. The Morgan fingerprint density at radius 2 is 2.00 bits per heavy atom. The molecule has 0 saturated heterocycles. The number of nitrogens with one attached hydrogen (secondary N) is 1. The summed E-state index contributed by atoms with van der Waals surface area (Å²) in [6, 6.07) is 8.56. The number of rotatable bonds is 5. The highest BCUT2D eigenvalue weighted by atomic mass is 19.1. The van der Waals surface area contributed by atoms with Crippen molar-refractivity contribution in [1.82, 2.24) is 5.32 Å². The summed E-state index contributed by atoms with van der Waals surface area (Å²) in [5.74, 6) is -0.246. The highest BCUT2D eigenvalue weighted by Crippen LogP contribution is 2.13. The van der Waals surface area contributed by atoms with Crippen LogP contribution in [0, 0.1) is 17.1 Å². The van der Waals surface area contributed by atoms with Crippen LogP contribution in [0.3, 0.4) is 0 Å². The van der Waals surface area contributed by atoms with Crippen LogP contribution in [0.1, 0.15) is 25.8 Å². The molecule has 0 heterocycles. The third-order valence-electron chi connectivity index (χ3n) is 2.48. The van der Waals surface area contributed by atoms with E-state index in [0.29, 0.717) is 6.42 Å². The molecule has 0 fully saturated rings. The summed E-state index contributed by atoms with van der Waals surface area (Å²) in [5.41, 5.74) is 0.391. The summed E-state index contributed by atoms with van der Waals surface area (Å²) in [6.07, 6.45) is 1.57. The van der Waals surface area contributed by atoms with Crippen LogP contribution in [0.5, 0.6) is 0 Å². The molecule has 0 aliphatic heterocycles. The minimum Gasteiger partial charge on any atom is -0.299 e. The van der Waals surface area contributed by atoms with Crippen molar-refractivity contribution in [2.75, 3.05) is 6.54 Å². The fourth-order valence-electron chi connectivity index (χ4n) is 1.55. The Bertz CT molecular complexity index is 367. The third kappa shape index (κ3) is 3.63. The molecule has 3 heteroatoms. The van der Waals surface area contributed by atoms with Gasteiger partial charge < -0.3 is 0 Å². The van der Waals surface area contributed by atoms with Gasteiger partial charge in [-0.2, -0.15) is 5.26 Å². The van der Waals surface area contributed by atoms with Crippen molar-refractivity contribution < 1.29 is 4.39 Å². The molecule has 0 spiro atoms. The summed E-state index contributed by atoms with van der Waals surface area (Å²) in [6.45, 7) is 4.74. The molecule has 1 unspecified atom stereocenters. The number of hydrogen-bond donors (Lipinski definition) is 1. The first-order valence-electron chi connectivity index (χ1n) is 5.50. The van der Waals surface area contributed by atoms with Gasteiger partial charge in [0.05, 0.1) is 6.07 Å². The summed E-state index contributed by atoms with van der Waals surface area (Å²) in [4.78, 5) is 0. The zero-order valence-electron chi connectivity index (χ0n) is 9.76. The summed E-state index contributed by atoms with van der Waals surface area (Å²) in [5, 5.41) is 12.3. The average molecular weight is 220 g/mol. The molecule has 1 aromatic rings. The van der Waals surface area contributed by atoms with E-state index in [1.807, 2.05) is 6.92 Å². The SMILES string of the molecule is CCCNC(C)(C#N)Cc1ccc(F)cc1. The Kier molecular flexibility index (Phi) is 4.45. The maximum Gasteiger partial charge on any atom is 0.123 e. The van der Waals surface area contributed by atoms with Crippen molar-refractivity contribution in [2.24, 2.45) is 0 Å². The highest BCUT2D eigenvalue weighted by molar-refractivity contribution is 5.22. The molecule has 1 rings (SSSR count). The monoisotopic (exact) mass is 220 g/mol. The second-order valence-corrected chi connectivity index (χ2v) is 4.17. The van der Waals surface area contributed by atoms with Gasteiger partial charge in [0.1, 0.15) is 11.4 Å². The number of nitrogens with zero attached hydrogens (tertiary/aromatic N) is 1. The zero-order valence-corrected chi connectivity index (χ0v) is 9.76. The maximum atomic E-state index is 12.7. The maximum absolute atomic E-state index is 12.7. The van der Waals surface area contributed by atoms with Crippen LogP contribution in [-0.2, 0) is 6.42 Å². The van der Waals surface area contributed by atoms with Crippen molar-refractivity contribution in [1.29, 1.82) is 5.26 Å². The smallest absolute Gasteiger partial charge is 0.123 e. The molecule has 16 heavy (non-hydrogen) atoms. The Labute approximate surface area is 96.1 Å². The average Bonchev–Trinajstić information content (AvgIpc) is 2.30. The minimum absolute atomic E-state index is 0.246. The van der Waals surface area contributed by atoms with E-state index in [2.05, 4.69) is 18.3 Å². The van der Waals surface area contributed by atoms with Crippen molar-refractivity contribution in [2.45, 2.75) is 32.2 Å². The zero-order chi connectivity index (χ0) is 12.0. The van der Waals surface area contributed by atoms with Gasteiger partial charge in [-0.15, -0.1) is 0 Å². The number of hydrogen-bond acceptors (Lipinski definition) is 2. The molecule has 0 radical (unpaired) electrons. The summed E-state index contributed by atoms with van der Waals surface area (Å²) < 4.78 is 12.7. The molecule has 0 saturated carbocycles. The molecule has 0 bridgehead atoms. The van der Waals surface area contributed by atoms with Gasteiger partial charge in [-0.25, -0.2) is 4.39 Å². The van der Waals surface area contributed by atoms with E-state index in [1.165, 1.54) is 12.1 Å². The van der Waals surface area contributed by atoms with Gasteiger partial charge in [-0.05, 0) is 37.6 Å². The molecule has 1 N–H and O–H groups in total. The van der Waals surface area contributed by atoms with Gasteiger partial charge in [0, 0.05) is 6.42 Å². The quantitative estimate of drug-likeness (QED) is 0.828. The standard InChI is InChI=1S/C13H17FN2/c1-3-8-16-13(2,10-15)9-11-4-6-12(14)7-5-11/h4-7,16H,3,8-9H2,1-2H3. The predicted molar refractivity (Wildman–Crippen MR) is 62.4 cm³/mol. The van der Waals surface area contributed by atoms with E-state index in [-0.39, 0.29) is 5.82 Å². The van der Waals surface area contributed by atoms with Gasteiger partial charge >= 0.3 is 0 Å². The van der Waals surface area contributed by atoms with Crippen LogP contribution in [0.15, 0.2) is 24.3 Å². The highest BCUT2D eigenvalue weighted by Gasteiger charge is 2.22. The first kappa shape index (κ1) is 12.7. The molecule has 1 atom stereocenters. The Balaban J connectivity index is 2.69. The number of halogens is 1. The molecule has 0 amide bonds. The van der Waals surface area contributed by atoms with Gasteiger partial charge in [0.2, 0.25) is 0 Å². The molecule has 1 aromatic carbocycles. The van der Waals surface area contributed by atoms with Gasteiger partial charge in [-0.3, -0.25) is 5.32 Å². The van der Waals surface area contributed by atoms with Crippen LogP contribution in [0.2, 0.25) is 0 Å². The summed E-state index contributed by atoms with van der Waals surface area (Å²) >= 11 is 0. The predicted octanol–water partition coefficient (Wildman–Crippen LogP) is 2.65. The van der Waals surface area contributed by atoms with Crippen molar-refractivity contribution in [3.8, 4) is 6.07 Å². The number of nitriles is 1. The van der Waals surface area contributed by atoms with E-state index in [0.717, 1.165) is 18.5 Å². The van der Waals surface area contributed by atoms with E-state index in [9.17, 15) is 4.39 Å². The van der Waals surface area contributed by atoms with E-state index in [1.54, 1.807) is 12.1 Å². The van der Waals surface area contributed by atoms with E-state index < -0.39 is 5.54 Å². The van der Waals surface area contributed by atoms with Crippen molar-refractivity contribution >= 4 is 0 Å². The largest absolute Gasteiger partial charge is 0.299 e. The topological polar surface area (TPSA) is 35.8 Å². The molecule has 86 valence electrons. The van der Waals surface area contributed by atoms with Gasteiger partial charge in [0.15, 0.2) is 0 Å². The van der Waals surface area contributed by atoms with Crippen LogP contribution in [0.4, 0.5) is 4.39 Å². The van der Waals surface area contributed by atoms with E-state index in [4.69, 9.17) is 5.26 Å². The Morgan fingerprint density at radius 3 is 2.50 bits per heavy atom.